The van der Waals surface area contributed by atoms with Crippen LogP contribution in [0.5, 0.6) is 0 Å². The smallest absolute Gasteiger partial charge is 0.407 e. The largest absolute Gasteiger partial charge is 0.465 e. The van der Waals surface area contributed by atoms with E-state index in [1.807, 2.05) is 0 Å². The zero-order valence-electron chi connectivity index (χ0n) is 12.4. The third kappa shape index (κ3) is 5.64. The van der Waals surface area contributed by atoms with Crippen LogP contribution in [0, 0.1) is 0 Å². The van der Waals surface area contributed by atoms with Crippen LogP contribution in [0.1, 0.15) is 6.92 Å². The molecule has 125 valence electrons. The molecule has 0 aromatic heterocycles. The molecule has 22 heavy (non-hydrogen) atoms. The maximum Gasteiger partial charge on any atom is 0.407 e. The van der Waals surface area contributed by atoms with Crippen LogP contribution < -0.4 is 5.32 Å². The molecule has 0 aromatic rings. The molecule has 1 radical (unpaired) electrons. The van der Waals surface area contributed by atoms with Crippen LogP contribution >= 0.6 is 0 Å². The molecule has 1 atom stereocenters. The van der Waals surface area contributed by atoms with Gasteiger partial charge in [0.05, 0.1) is 0 Å². The van der Waals surface area contributed by atoms with Crippen molar-refractivity contribution in [3.05, 3.63) is 0 Å². The summed E-state index contributed by atoms with van der Waals surface area (Å²) >= 11 is 0. The molecule has 0 aromatic carbocycles. The predicted octanol–water partition coefficient (Wildman–Crippen LogP) is -0.0671. The minimum Gasteiger partial charge on any atom is -0.465 e. The quantitative estimate of drug-likeness (QED) is 0.572. The Labute approximate surface area is 127 Å². The van der Waals surface area contributed by atoms with Gasteiger partial charge in [0.25, 0.3) is 0 Å². The minimum absolute atomic E-state index is 0.00928. The molecule has 1 unspecified atom stereocenters. The highest BCUT2D eigenvalue weighted by molar-refractivity contribution is 5.67. The van der Waals surface area contributed by atoms with E-state index >= 15 is 0 Å². The van der Waals surface area contributed by atoms with E-state index in [9.17, 15) is 14.4 Å². The van der Waals surface area contributed by atoms with Crippen LogP contribution in [0.25, 0.3) is 0 Å². The van der Waals surface area contributed by atoms with Gasteiger partial charge in [0.15, 0.2) is 0 Å². The molecule has 10 nitrogen and oxygen atoms in total. The summed E-state index contributed by atoms with van der Waals surface area (Å²) in [6.07, 6.45) is -3.46. The Balaban J connectivity index is 2.80. The summed E-state index contributed by atoms with van der Waals surface area (Å²) in [4.78, 5) is 36.7. The summed E-state index contributed by atoms with van der Waals surface area (Å²) in [5.41, 5.74) is 0. The summed E-state index contributed by atoms with van der Waals surface area (Å²) in [6.45, 7) is 2.31. The Hall–Kier alpha value is -2.23. The van der Waals surface area contributed by atoms with E-state index < -0.39 is 18.3 Å². The second kappa shape index (κ2) is 8.27. The lowest BCUT2D eigenvalue weighted by atomic mass is 10.3. The van der Waals surface area contributed by atoms with Crippen LogP contribution in [0.4, 0.5) is 14.4 Å². The maximum atomic E-state index is 11.2. The van der Waals surface area contributed by atoms with Gasteiger partial charge in [-0.2, -0.15) is 0 Å². The number of hydrogen-bond donors (Lipinski definition) is 3. The summed E-state index contributed by atoms with van der Waals surface area (Å²) in [5, 5.41) is 31.6. The fourth-order valence-electron chi connectivity index (χ4n) is 2.13. The second-order valence-electron chi connectivity index (χ2n) is 5.02. The lowest BCUT2D eigenvalue weighted by Gasteiger charge is -2.29. The molecule has 0 spiro atoms. The number of carboxylic acid groups (broad SMARTS) is 3. The monoisotopic (exact) mass is 317 g/mol. The first kappa shape index (κ1) is 17.8. The van der Waals surface area contributed by atoms with Crippen molar-refractivity contribution < 1.29 is 29.7 Å². The Morgan fingerprint density at radius 2 is 1.23 bits per heavy atom. The van der Waals surface area contributed by atoms with Crippen molar-refractivity contribution in [2.75, 3.05) is 45.8 Å². The molecule has 3 amide bonds. The van der Waals surface area contributed by atoms with E-state index in [2.05, 4.69) is 5.32 Å². The molecule has 1 aliphatic rings. The molecule has 1 fully saturated rings. The number of carbonyl (C=O) groups is 3. The summed E-state index contributed by atoms with van der Waals surface area (Å²) < 4.78 is 0. The fourth-order valence-corrected chi connectivity index (χ4v) is 2.13. The highest BCUT2D eigenvalue weighted by Crippen LogP contribution is 2.01. The van der Waals surface area contributed by atoms with Gasteiger partial charge >= 0.3 is 18.3 Å². The van der Waals surface area contributed by atoms with E-state index in [-0.39, 0.29) is 51.9 Å². The fraction of sp³-hybridized carbons (Fsp3) is 0.750. The first-order valence-electron chi connectivity index (χ1n) is 6.91. The molecule has 0 bridgehead atoms. The van der Waals surface area contributed by atoms with E-state index in [0.29, 0.717) is 0 Å². The van der Waals surface area contributed by atoms with Crippen LogP contribution in [0.2, 0.25) is 0 Å². The van der Waals surface area contributed by atoms with Crippen LogP contribution in [0.15, 0.2) is 0 Å². The maximum absolute atomic E-state index is 11.2. The van der Waals surface area contributed by atoms with Crippen molar-refractivity contribution in [3.63, 3.8) is 0 Å². The summed E-state index contributed by atoms with van der Waals surface area (Å²) in [7, 11) is 0. The van der Waals surface area contributed by atoms with Crippen LogP contribution in [-0.2, 0) is 0 Å². The Bertz CT molecular complexity index is 418. The average molecular weight is 317 g/mol. The van der Waals surface area contributed by atoms with Crippen LogP contribution in [-0.4, -0.2) is 100 Å². The molecule has 1 heterocycles. The van der Waals surface area contributed by atoms with E-state index in [0.717, 1.165) is 14.7 Å². The van der Waals surface area contributed by atoms with Gasteiger partial charge in [0.2, 0.25) is 0 Å². The number of hydrogen-bond acceptors (Lipinski definition) is 3. The first-order valence-corrected chi connectivity index (χ1v) is 6.91. The third-order valence-corrected chi connectivity index (χ3v) is 3.39. The molecular formula is C12H21N4O6. The third-order valence-electron chi connectivity index (χ3n) is 3.39. The van der Waals surface area contributed by atoms with Gasteiger partial charge in [-0.25, -0.2) is 19.7 Å². The van der Waals surface area contributed by atoms with Gasteiger partial charge in [0.1, 0.15) is 0 Å². The van der Waals surface area contributed by atoms with Gasteiger partial charge in [-0.1, -0.05) is 0 Å². The van der Waals surface area contributed by atoms with Crippen molar-refractivity contribution in [2.45, 2.75) is 13.0 Å². The summed E-state index contributed by atoms with van der Waals surface area (Å²) in [6, 6.07) is -0.288. The molecule has 1 rings (SSSR count). The SMILES string of the molecule is CC1CN(C(=O)O)CCN(C(=O)O)CCN(C(=O)O)CC[N]1. The molecule has 1 aliphatic heterocycles. The average Bonchev–Trinajstić information content (AvgIpc) is 2.40. The highest BCUT2D eigenvalue weighted by atomic mass is 16.4. The zero-order chi connectivity index (χ0) is 16.7. The Kier molecular flexibility index (Phi) is 6.70. The van der Waals surface area contributed by atoms with Crippen molar-refractivity contribution >= 4 is 18.3 Å². The van der Waals surface area contributed by atoms with Gasteiger partial charge in [-0.05, 0) is 6.92 Å². The Morgan fingerprint density at radius 3 is 1.68 bits per heavy atom. The van der Waals surface area contributed by atoms with Crippen molar-refractivity contribution in [1.29, 1.82) is 0 Å². The summed E-state index contributed by atoms with van der Waals surface area (Å²) in [5.74, 6) is 0. The van der Waals surface area contributed by atoms with Crippen LogP contribution in [0.3, 0.4) is 0 Å². The zero-order valence-corrected chi connectivity index (χ0v) is 12.4. The molecule has 0 saturated carbocycles. The standard InChI is InChI=1S/C12H21N4O6/c1-9-8-16(12(21)22)7-6-15(11(19)20)5-4-14(10(17)18)3-2-13-9/h9H,2-8H2,1H3,(H,17,18)(H,19,20)(H,21,22). The molecule has 1 saturated heterocycles. The Morgan fingerprint density at radius 1 is 0.818 bits per heavy atom. The normalized spacial score (nSPS) is 21.7. The number of rotatable bonds is 0. The van der Waals surface area contributed by atoms with E-state index in [1.165, 1.54) is 0 Å². The van der Waals surface area contributed by atoms with E-state index in [1.54, 1.807) is 6.92 Å². The second-order valence-corrected chi connectivity index (χ2v) is 5.02. The van der Waals surface area contributed by atoms with Gasteiger partial charge in [-0.3, -0.25) is 0 Å². The number of nitrogens with zero attached hydrogens (tertiary/aromatic N) is 4. The lowest BCUT2D eigenvalue weighted by Crippen LogP contribution is -2.48. The molecular weight excluding hydrogens is 296 g/mol. The lowest BCUT2D eigenvalue weighted by molar-refractivity contribution is 0.107. The molecule has 3 N–H and O–H groups in total. The topological polar surface area (TPSA) is 136 Å². The minimum atomic E-state index is -1.20. The number of amides is 3. The van der Waals surface area contributed by atoms with Crippen molar-refractivity contribution in [2.24, 2.45) is 0 Å². The highest BCUT2D eigenvalue weighted by Gasteiger charge is 2.22. The van der Waals surface area contributed by atoms with Crippen molar-refractivity contribution in [1.82, 2.24) is 20.0 Å². The van der Waals surface area contributed by atoms with E-state index in [4.69, 9.17) is 15.3 Å². The molecule has 10 heteroatoms. The predicted molar refractivity (Wildman–Crippen MR) is 75.3 cm³/mol. The van der Waals surface area contributed by atoms with Gasteiger partial charge in [-0.15, -0.1) is 0 Å². The molecule has 0 aliphatic carbocycles. The first-order chi connectivity index (χ1) is 10.3. The van der Waals surface area contributed by atoms with Gasteiger partial charge < -0.3 is 30.0 Å². The van der Waals surface area contributed by atoms with Crippen molar-refractivity contribution in [3.8, 4) is 0 Å². The van der Waals surface area contributed by atoms with Gasteiger partial charge in [0, 0.05) is 51.9 Å².